The van der Waals surface area contributed by atoms with E-state index < -0.39 is 0 Å². The largest absolute Gasteiger partial charge is 0.496 e. The second-order valence-electron chi connectivity index (χ2n) is 5.54. The number of thiocarbonyl (C=S) groups is 1. The standard InChI is InChI=1S/C19H24N2OS/c1-14-8-7-11-18(22-3)17(14)12-13-20-19(23)21-15(2)16-9-5-4-6-10-16/h4-11,15H,12-13H2,1-3H3,(H2,20,21,23)/t15-/m1/s1. The number of aryl methyl sites for hydroxylation is 1. The molecule has 0 aliphatic heterocycles. The van der Waals surface area contributed by atoms with Crippen LogP contribution in [0.3, 0.4) is 0 Å². The Morgan fingerprint density at radius 3 is 2.57 bits per heavy atom. The van der Waals surface area contributed by atoms with Crippen molar-refractivity contribution in [3.63, 3.8) is 0 Å². The summed E-state index contributed by atoms with van der Waals surface area (Å²) in [6.45, 7) is 4.98. The lowest BCUT2D eigenvalue weighted by molar-refractivity contribution is 0.409. The Hall–Kier alpha value is -2.07. The third-order valence-electron chi connectivity index (χ3n) is 3.89. The molecule has 0 saturated heterocycles. The number of nitrogens with one attached hydrogen (secondary N) is 2. The molecule has 0 fully saturated rings. The lowest BCUT2D eigenvalue weighted by atomic mass is 10.0. The van der Waals surface area contributed by atoms with Gasteiger partial charge in [-0.1, -0.05) is 42.5 Å². The van der Waals surface area contributed by atoms with Crippen molar-refractivity contribution >= 4 is 17.3 Å². The van der Waals surface area contributed by atoms with E-state index in [2.05, 4.69) is 42.7 Å². The van der Waals surface area contributed by atoms with Gasteiger partial charge in [-0.25, -0.2) is 0 Å². The highest BCUT2D eigenvalue weighted by Crippen LogP contribution is 2.21. The van der Waals surface area contributed by atoms with Gasteiger partial charge in [-0.2, -0.15) is 0 Å². The van der Waals surface area contributed by atoms with Crippen LogP contribution in [-0.2, 0) is 6.42 Å². The molecule has 0 aliphatic carbocycles. The van der Waals surface area contributed by atoms with Gasteiger partial charge in [0.1, 0.15) is 5.75 Å². The fourth-order valence-electron chi connectivity index (χ4n) is 2.56. The van der Waals surface area contributed by atoms with E-state index in [-0.39, 0.29) is 6.04 Å². The summed E-state index contributed by atoms with van der Waals surface area (Å²) in [5, 5.41) is 7.26. The molecular formula is C19H24N2OS. The van der Waals surface area contributed by atoms with Crippen LogP contribution in [0.5, 0.6) is 5.75 Å². The Morgan fingerprint density at radius 1 is 1.13 bits per heavy atom. The minimum atomic E-state index is 0.184. The highest BCUT2D eigenvalue weighted by molar-refractivity contribution is 7.80. The van der Waals surface area contributed by atoms with E-state index in [4.69, 9.17) is 17.0 Å². The third-order valence-corrected chi connectivity index (χ3v) is 4.16. The van der Waals surface area contributed by atoms with Crippen LogP contribution in [0, 0.1) is 6.92 Å². The second-order valence-corrected chi connectivity index (χ2v) is 5.95. The van der Waals surface area contributed by atoms with Gasteiger partial charge < -0.3 is 15.4 Å². The van der Waals surface area contributed by atoms with Crippen LogP contribution in [0.2, 0.25) is 0 Å². The van der Waals surface area contributed by atoms with Gasteiger partial charge in [-0.3, -0.25) is 0 Å². The molecule has 2 N–H and O–H groups in total. The summed E-state index contributed by atoms with van der Waals surface area (Å²) in [6, 6.07) is 16.6. The lowest BCUT2D eigenvalue weighted by Crippen LogP contribution is -2.37. The lowest BCUT2D eigenvalue weighted by Gasteiger charge is -2.18. The average molecular weight is 328 g/mol. The average Bonchev–Trinajstić information content (AvgIpc) is 2.57. The smallest absolute Gasteiger partial charge is 0.166 e. The predicted octanol–water partition coefficient (Wildman–Crippen LogP) is 3.77. The molecular weight excluding hydrogens is 304 g/mol. The van der Waals surface area contributed by atoms with Crippen LogP contribution < -0.4 is 15.4 Å². The van der Waals surface area contributed by atoms with Crippen LogP contribution in [0.15, 0.2) is 48.5 Å². The van der Waals surface area contributed by atoms with Crippen molar-refractivity contribution in [1.29, 1.82) is 0 Å². The quantitative estimate of drug-likeness (QED) is 0.791. The van der Waals surface area contributed by atoms with Gasteiger partial charge in [-0.15, -0.1) is 0 Å². The summed E-state index contributed by atoms with van der Waals surface area (Å²) in [7, 11) is 1.71. The number of hydrogen-bond donors (Lipinski definition) is 2. The number of methoxy groups -OCH3 is 1. The molecule has 2 aromatic rings. The first-order chi connectivity index (χ1) is 11.1. The van der Waals surface area contributed by atoms with Gasteiger partial charge in [0.05, 0.1) is 13.2 Å². The normalized spacial score (nSPS) is 11.6. The molecule has 3 nitrogen and oxygen atoms in total. The van der Waals surface area contributed by atoms with Gasteiger partial charge in [0.15, 0.2) is 5.11 Å². The van der Waals surface area contributed by atoms with Gasteiger partial charge in [0.2, 0.25) is 0 Å². The maximum Gasteiger partial charge on any atom is 0.166 e. The summed E-state index contributed by atoms with van der Waals surface area (Å²) in [4.78, 5) is 0. The van der Waals surface area contributed by atoms with Gasteiger partial charge in [-0.05, 0) is 55.2 Å². The van der Waals surface area contributed by atoms with Crippen molar-refractivity contribution in [2.45, 2.75) is 26.3 Å². The molecule has 2 rings (SSSR count). The van der Waals surface area contributed by atoms with E-state index in [0.29, 0.717) is 5.11 Å². The minimum Gasteiger partial charge on any atom is -0.496 e. The number of ether oxygens (including phenoxy) is 1. The van der Waals surface area contributed by atoms with E-state index in [1.165, 1.54) is 16.7 Å². The summed E-state index contributed by atoms with van der Waals surface area (Å²) in [5.74, 6) is 0.934. The monoisotopic (exact) mass is 328 g/mol. The molecule has 0 unspecified atom stereocenters. The molecule has 1 atom stereocenters. The Labute approximate surface area is 144 Å². The van der Waals surface area contributed by atoms with Crippen molar-refractivity contribution in [2.24, 2.45) is 0 Å². The first-order valence-electron chi connectivity index (χ1n) is 7.83. The highest BCUT2D eigenvalue weighted by Gasteiger charge is 2.08. The van der Waals surface area contributed by atoms with E-state index in [0.717, 1.165) is 18.7 Å². The zero-order valence-electron chi connectivity index (χ0n) is 13.9. The molecule has 4 heteroatoms. The van der Waals surface area contributed by atoms with E-state index in [1.807, 2.05) is 30.3 Å². The minimum absolute atomic E-state index is 0.184. The molecule has 0 radical (unpaired) electrons. The predicted molar refractivity (Wildman–Crippen MR) is 100 cm³/mol. The van der Waals surface area contributed by atoms with E-state index in [9.17, 15) is 0 Å². The zero-order chi connectivity index (χ0) is 16.7. The molecule has 23 heavy (non-hydrogen) atoms. The first kappa shape index (κ1) is 17.3. The van der Waals surface area contributed by atoms with Gasteiger partial charge in [0, 0.05) is 6.54 Å². The maximum atomic E-state index is 5.43. The molecule has 0 aromatic heterocycles. The Balaban J connectivity index is 1.84. The Morgan fingerprint density at radius 2 is 1.87 bits per heavy atom. The van der Waals surface area contributed by atoms with Crippen LogP contribution in [-0.4, -0.2) is 18.8 Å². The van der Waals surface area contributed by atoms with Crippen LogP contribution in [0.4, 0.5) is 0 Å². The summed E-state index contributed by atoms with van der Waals surface area (Å²) < 4.78 is 5.43. The van der Waals surface area contributed by atoms with Gasteiger partial charge >= 0.3 is 0 Å². The van der Waals surface area contributed by atoms with Crippen molar-refractivity contribution in [3.8, 4) is 5.75 Å². The van der Waals surface area contributed by atoms with E-state index in [1.54, 1.807) is 7.11 Å². The topological polar surface area (TPSA) is 33.3 Å². The fraction of sp³-hybridized carbons (Fsp3) is 0.316. The molecule has 0 spiro atoms. The second kappa shape index (κ2) is 8.53. The molecule has 0 heterocycles. The molecule has 0 aliphatic rings. The van der Waals surface area contributed by atoms with Crippen molar-refractivity contribution in [2.75, 3.05) is 13.7 Å². The summed E-state index contributed by atoms with van der Waals surface area (Å²) in [6.07, 6.45) is 0.872. The van der Waals surface area contributed by atoms with Crippen LogP contribution in [0.25, 0.3) is 0 Å². The SMILES string of the molecule is COc1cccc(C)c1CCNC(=S)N[C@H](C)c1ccccc1. The van der Waals surface area contributed by atoms with Crippen LogP contribution in [0.1, 0.15) is 29.7 Å². The summed E-state index contributed by atoms with van der Waals surface area (Å²) >= 11 is 5.39. The Kier molecular flexibility index (Phi) is 6.41. The van der Waals surface area contributed by atoms with Crippen molar-refractivity contribution in [1.82, 2.24) is 10.6 Å². The molecule has 0 amide bonds. The summed E-state index contributed by atoms with van der Waals surface area (Å²) in [5.41, 5.74) is 3.68. The Bertz CT molecular complexity index is 643. The zero-order valence-corrected chi connectivity index (χ0v) is 14.7. The fourth-order valence-corrected chi connectivity index (χ4v) is 2.84. The molecule has 122 valence electrons. The number of benzene rings is 2. The molecule has 0 bridgehead atoms. The number of hydrogen-bond acceptors (Lipinski definition) is 2. The third kappa shape index (κ3) is 4.96. The van der Waals surface area contributed by atoms with Crippen LogP contribution >= 0.6 is 12.2 Å². The van der Waals surface area contributed by atoms with Crippen molar-refractivity contribution in [3.05, 3.63) is 65.2 Å². The highest BCUT2D eigenvalue weighted by atomic mass is 32.1. The molecule has 0 saturated carbocycles. The van der Waals surface area contributed by atoms with Gasteiger partial charge in [0.25, 0.3) is 0 Å². The van der Waals surface area contributed by atoms with E-state index >= 15 is 0 Å². The molecule has 2 aromatic carbocycles. The maximum absolute atomic E-state index is 5.43. The first-order valence-corrected chi connectivity index (χ1v) is 8.24. The van der Waals surface area contributed by atoms with Crippen molar-refractivity contribution < 1.29 is 4.74 Å². The number of rotatable bonds is 6.